The molecule has 3 nitrogen and oxygen atoms in total. The van der Waals surface area contributed by atoms with Gasteiger partial charge >= 0.3 is 0 Å². The van der Waals surface area contributed by atoms with E-state index in [1.807, 2.05) is 0 Å². The van der Waals surface area contributed by atoms with Gasteiger partial charge in [-0.3, -0.25) is 0 Å². The molecule has 0 aliphatic carbocycles. The molecule has 1 aromatic heterocycles. The zero-order valence-electron chi connectivity index (χ0n) is 7.21. The molecule has 1 rings (SSSR count). The van der Waals surface area contributed by atoms with E-state index in [9.17, 15) is 0 Å². The summed E-state index contributed by atoms with van der Waals surface area (Å²) >= 11 is 3.28. The van der Waals surface area contributed by atoms with Crippen LogP contribution < -0.4 is 5.32 Å². The lowest BCUT2D eigenvalue weighted by Crippen LogP contribution is -2.15. The van der Waals surface area contributed by atoms with Crippen LogP contribution >= 0.6 is 15.9 Å². The summed E-state index contributed by atoms with van der Waals surface area (Å²) < 4.78 is 0.900. The maximum absolute atomic E-state index is 4.10. The molecule has 0 spiro atoms. The first-order valence-electron chi connectivity index (χ1n) is 3.96. The SMILES string of the molecule is CC[C@@H](C)Nc1ncc(Br)cn1. The van der Waals surface area contributed by atoms with E-state index in [1.54, 1.807) is 12.4 Å². The Balaban J connectivity index is 2.58. The molecule has 0 saturated carbocycles. The first-order valence-corrected chi connectivity index (χ1v) is 4.75. The van der Waals surface area contributed by atoms with E-state index in [-0.39, 0.29) is 0 Å². The Bertz CT molecular complexity index is 235. The third-order valence-electron chi connectivity index (χ3n) is 1.61. The van der Waals surface area contributed by atoms with Crippen LogP contribution in [0.2, 0.25) is 0 Å². The number of hydrogen-bond donors (Lipinski definition) is 1. The minimum atomic E-state index is 0.422. The van der Waals surface area contributed by atoms with Crippen molar-refractivity contribution in [1.29, 1.82) is 0 Å². The van der Waals surface area contributed by atoms with Crippen molar-refractivity contribution in [2.45, 2.75) is 26.3 Å². The molecule has 0 aliphatic heterocycles. The van der Waals surface area contributed by atoms with Crippen molar-refractivity contribution in [3.05, 3.63) is 16.9 Å². The van der Waals surface area contributed by atoms with Gasteiger partial charge in [0, 0.05) is 18.4 Å². The molecule has 1 aromatic rings. The van der Waals surface area contributed by atoms with Crippen LogP contribution in [0.5, 0.6) is 0 Å². The lowest BCUT2D eigenvalue weighted by atomic mass is 10.3. The van der Waals surface area contributed by atoms with Gasteiger partial charge in [-0.2, -0.15) is 0 Å². The number of nitrogens with one attached hydrogen (secondary N) is 1. The van der Waals surface area contributed by atoms with Gasteiger partial charge in [-0.05, 0) is 29.3 Å². The Morgan fingerprint density at radius 3 is 2.58 bits per heavy atom. The topological polar surface area (TPSA) is 37.8 Å². The molecule has 1 N–H and O–H groups in total. The highest BCUT2D eigenvalue weighted by Crippen LogP contribution is 2.07. The fraction of sp³-hybridized carbons (Fsp3) is 0.500. The molecule has 0 radical (unpaired) electrons. The highest BCUT2D eigenvalue weighted by atomic mass is 79.9. The Morgan fingerprint density at radius 2 is 2.08 bits per heavy atom. The zero-order valence-corrected chi connectivity index (χ0v) is 8.80. The summed E-state index contributed by atoms with van der Waals surface area (Å²) in [7, 11) is 0. The van der Waals surface area contributed by atoms with Crippen molar-refractivity contribution in [2.24, 2.45) is 0 Å². The predicted octanol–water partition coefficient (Wildman–Crippen LogP) is 2.45. The number of rotatable bonds is 3. The van der Waals surface area contributed by atoms with Crippen LogP contribution in [-0.4, -0.2) is 16.0 Å². The van der Waals surface area contributed by atoms with Gasteiger partial charge in [0.2, 0.25) is 5.95 Å². The number of aromatic nitrogens is 2. The fourth-order valence-electron chi connectivity index (χ4n) is 0.709. The van der Waals surface area contributed by atoms with Gasteiger partial charge in [0.1, 0.15) is 0 Å². The molecule has 0 aromatic carbocycles. The van der Waals surface area contributed by atoms with E-state index in [0.717, 1.165) is 10.9 Å². The molecule has 0 unspecified atom stereocenters. The van der Waals surface area contributed by atoms with Crippen LogP contribution in [0.25, 0.3) is 0 Å². The average molecular weight is 230 g/mol. The minimum Gasteiger partial charge on any atom is -0.352 e. The molecule has 4 heteroatoms. The lowest BCUT2D eigenvalue weighted by Gasteiger charge is -2.09. The third-order valence-corrected chi connectivity index (χ3v) is 2.02. The second-order valence-electron chi connectivity index (χ2n) is 2.68. The van der Waals surface area contributed by atoms with E-state index >= 15 is 0 Å². The molecule has 1 atom stereocenters. The molecule has 1 heterocycles. The van der Waals surface area contributed by atoms with Crippen LogP contribution in [0.15, 0.2) is 16.9 Å². The van der Waals surface area contributed by atoms with Gasteiger partial charge < -0.3 is 5.32 Å². The first kappa shape index (κ1) is 9.45. The Morgan fingerprint density at radius 1 is 1.50 bits per heavy atom. The summed E-state index contributed by atoms with van der Waals surface area (Å²) in [5, 5.41) is 3.18. The highest BCUT2D eigenvalue weighted by molar-refractivity contribution is 9.10. The summed E-state index contributed by atoms with van der Waals surface area (Å²) in [6.07, 6.45) is 4.54. The van der Waals surface area contributed by atoms with E-state index in [1.165, 1.54) is 0 Å². The summed E-state index contributed by atoms with van der Waals surface area (Å²) in [4.78, 5) is 8.19. The van der Waals surface area contributed by atoms with Gasteiger partial charge in [-0.25, -0.2) is 9.97 Å². The number of hydrogen-bond acceptors (Lipinski definition) is 3. The van der Waals surface area contributed by atoms with Crippen molar-refractivity contribution in [1.82, 2.24) is 9.97 Å². The maximum atomic E-state index is 4.10. The van der Waals surface area contributed by atoms with Crippen molar-refractivity contribution < 1.29 is 0 Å². The molecule has 0 fully saturated rings. The third kappa shape index (κ3) is 2.77. The van der Waals surface area contributed by atoms with Gasteiger partial charge in [-0.1, -0.05) is 6.92 Å². The number of anilines is 1. The molecule has 0 amide bonds. The van der Waals surface area contributed by atoms with Gasteiger partial charge in [-0.15, -0.1) is 0 Å². The van der Waals surface area contributed by atoms with E-state index in [0.29, 0.717) is 12.0 Å². The summed E-state index contributed by atoms with van der Waals surface area (Å²) in [6.45, 7) is 4.22. The molecule has 12 heavy (non-hydrogen) atoms. The Kier molecular flexibility index (Phi) is 3.47. The normalized spacial score (nSPS) is 12.6. The number of halogens is 1. The molecular formula is C8H12BrN3. The van der Waals surface area contributed by atoms with Crippen LogP contribution in [0.3, 0.4) is 0 Å². The molecule has 0 bridgehead atoms. The first-order chi connectivity index (χ1) is 5.72. The number of nitrogens with zero attached hydrogens (tertiary/aromatic N) is 2. The van der Waals surface area contributed by atoms with E-state index in [4.69, 9.17) is 0 Å². The molecule has 0 aliphatic rings. The van der Waals surface area contributed by atoms with Crippen LogP contribution in [-0.2, 0) is 0 Å². The van der Waals surface area contributed by atoms with Crippen LogP contribution in [0.1, 0.15) is 20.3 Å². The second-order valence-corrected chi connectivity index (χ2v) is 3.59. The lowest BCUT2D eigenvalue weighted by molar-refractivity contribution is 0.752. The summed E-state index contributed by atoms with van der Waals surface area (Å²) in [5.74, 6) is 0.688. The van der Waals surface area contributed by atoms with Crippen LogP contribution in [0, 0.1) is 0 Å². The van der Waals surface area contributed by atoms with Crippen molar-refractivity contribution in [2.75, 3.05) is 5.32 Å². The van der Waals surface area contributed by atoms with Gasteiger partial charge in [0.25, 0.3) is 0 Å². The highest BCUT2D eigenvalue weighted by Gasteiger charge is 1.99. The monoisotopic (exact) mass is 229 g/mol. The smallest absolute Gasteiger partial charge is 0.222 e. The molecule has 0 saturated heterocycles. The van der Waals surface area contributed by atoms with Crippen molar-refractivity contribution in [3.63, 3.8) is 0 Å². The second kappa shape index (κ2) is 4.40. The van der Waals surface area contributed by atoms with E-state index in [2.05, 4.69) is 45.1 Å². The molecule has 66 valence electrons. The Labute approximate surface area is 80.7 Å². The largest absolute Gasteiger partial charge is 0.352 e. The van der Waals surface area contributed by atoms with Gasteiger partial charge in [0.15, 0.2) is 0 Å². The maximum Gasteiger partial charge on any atom is 0.222 e. The average Bonchev–Trinajstić information content (AvgIpc) is 2.09. The standard InChI is InChI=1S/C8H12BrN3/c1-3-6(2)12-8-10-4-7(9)5-11-8/h4-6H,3H2,1-2H3,(H,10,11,12)/t6-/m1/s1. The van der Waals surface area contributed by atoms with Crippen molar-refractivity contribution in [3.8, 4) is 0 Å². The van der Waals surface area contributed by atoms with Crippen LogP contribution in [0.4, 0.5) is 5.95 Å². The van der Waals surface area contributed by atoms with E-state index < -0.39 is 0 Å². The summed E-state index contributed by atoms with van der Waals surface area (Å²) in [6, 6.07) is 0.422. The fourth-order valence-corrected chi connectivity index (χ4v) is 0.914. The van der Waals surface area contributed by atoms with Gasteiger partial charge in [0.05, 0.1) is 4.47 Å². The van der Waals surface area contributed by atoms with Crippen molar-refractivity contribution >= 4 is 21.9 Å². The zero-order chi connectivity index (χ0) is 8.97. The predicted molar refractivity (Wildman–Crippen MR) is 53.1 cm³/mol. The summed E-state index contributed by atoms with van der Waals surface area (Å²) in [5.41, 5.74) is 0. The minimum absolute atomic E-state index is 0.422. The quantitative estimate of drug-likeness (QED) is 0.866. The Hall–Kier alpha value is -0.640. The molecular weight excluding hydrogens is 218 g/mol.